The lowest BCUT2D eigenvalue weighted by molar-refractivity contribution is 0.0945. The third-order valence-corrected chi connectivity index (χ3v) is 4.67. The van der Waals surface area contributed by atoms with Crippen LogP contribution in [0, 0.1) is 6.92 Å². The molecule has 2 aromatic heterocycles. The van der Waals surface area contributed by atoms with Crippen LogP contribution in [-0.2, 0) is 5.41 Å². The van der Waals surface area contributed by atoms with Crippen LogP contribution in [0.3, 0.4) is 0 Å². The minimum absolute atomic E-state index is 0.224. The Labute approximate surface area is 161 Å². The van der Waals surface area contributed by atoms with Crippen LogP contribution in [0.4, 0.5) is 0 Å². The first kappa shape index (κ1) is 18.8. The lowest BCUT2D eigenvalue weighted by atomic mass is 9.84. The van der Waals surface area contributed by atoms with Crippen molar-refractivity contribution in [2.45, 2.75) is 26.2 Å². The van der Waals surface area contributed by atoms with Crippen molar-refractivity contribution in [1.29, 1.82) is 0 Å². The van der Waals surface area contributed by atoms with Crippen LogP contribution in [0.5, 0.6) is 0 Å². The molecule has 2 heterocycles. The van der Waals surface area contributed by atoms with Gasteiger partial charge in [0.15, 0.2) is 5.82 Å². The zero-order chi connectivity index (χ0) is 19.6. The van der Waals surface area contributed by atoms with E-state index in [9.17, 15) is 9.59 Å². The quantitative estimate of drug-likeness (QED) is 0.706. The van der Waals surface area contributed by atoms with E-state index < -0.39 is 0 Å². The van der Waals surface area contributed by atoms with Gasteiger partial charge in [0.2, 0.25) is 0 Å². The van der Waals surface area contributed by atoms with Crippen LogP contribution in [0.1, 0.15) is 35.5 Å². The Morgan fingerprint density at radius 2 is 2.07 bits per heavy atom. The first-order valence-electron chi connectivity index (χ1n) is 8.43. The number of carbonyl (C=O) groups is 1. The molecule has 1 aromatic carbocycles. The fourth-order valence-corrected chi connectivity index (χ4v) is 2.92. The summed E-state index contributed by atoms with van der Waals surface area (Å²) in [5, 5.41) is 14.1. The molecule has 0 unspecified atom stereocenters. The molecule has 3 rings (SSSR count). The van der Waals surface area contributed by atoms with Crippen LogP contribution >= 0.6 is 11.6 Å². The summed E-state index contributed by atoms with van der Waals surface area (Å²) in [6.07, 6.45) is 1.49. The van der Waals surface area contributed by atoms with E-state index >= 15 is 0 Å². The molecule has 0 radical (unpaired) electrons. The summed E-state index contributed by atoms with van der Waals surface area (Å²) in [5.74, 6) is 0.212. The standard InChI is InChI=1S/C19H20ClN5O2/c1-12-15(10-22-25(12)16-7-8-17(26)24-23-16)18(27)21-11-19(2,3)13-5-4-6-14(20)9-13/h4-10H,11H2,1-3H3,(H,21,27)(H,24,26). The second-order valence-corrected chi connectivity index (χ2v) is 7.35. The van der Waals surface area contributed by atoms with Crippen molar-refractivity contribution in [3.63, 3.8) is 0 Å². The molecule has 1 amide bonds. The Bertz CT molecular complexity index is 1020. The highest BCUT2D eigenvalue weighted by Crippen LogP contribution is 2.25. The minimum Gasteiger partial charge on any atom is -0.351 e. The molecular formula is C19H20ClN5O2. The molecule has 0 saturated carbocycles. The smallest absolute Gasteiger partial charge is 0.264 e. The maximum Gasteiger partial charge on any atom is 0.264 e. The number of H-pyrrole nitrogens is 1. The summed E-state index contributed by atoms with van der Waals surface area (Å²) in [6.45, 7) is 6.30. The molecule has 7 nitrogen and oxygen atoms in total. The topological polar surface area (TPSA) is 92.7 Å². The number of amides is 1. The number of aromatic nitrogens is 4. The second kappa shape index (κ2) is 7.36. The molecule has 0 aliphatic heterocycles. The number of rotatable bonds is 5. The van der Waals surface area contributed by atoms with E-state index in [0.717, 1.165) is 5.56 Å². The average molecular weight is 386 g/mol. The first-order valence-corrected chi connectivity index (χ1v) is 8.81. The number of hydrogen-bond donors (Lipinski definition) is 2. The third kappa shape index (κ3) is 4.09. The Morgan fingerprint density at radius 1 is 1.30 bits per heavy atom. The lowest BCUT2D eigenvalue weighted by Gasteiger charge is -2.25. The van der Waals surface area contributed by atoms with E-state index in [4.69, 9.17) is 11.6 Å². The maximum atomic E-state index is 12.6. The van der Waals surface area contributed by atoms with Crippen molar-refractivity contribution >= 4 is 17.5 Å². The van der Waals surface area contributed by atoms with Gasteiger partial charge in [-0.15, -0.1) is 0 Å². The van der Waals surface area contributed by atoms with Crippen molar-refractivity contribution < 1.29 is 4.79 Å². The van der Waals surface area contributed by atoms with Gasteiger partial charge in [-0.3, -0.25) is 9.59 Å². The van der Waals surface area contributed by atoms with E-state index in [-0.39, 0.29) is 16.9 Å². The average Bonchev–Trinajstić information content (AvgIpc) is 3.02. The van der Waals surface area contributed by atoms with Gasteiger partial charge < -0.3 is 5.32 Å². The maximum absolute atomic E-state index is 12.6. The predicted octanol–water partition coefficient (Wildman–Crippen LogP) is 2.63. The summed E-state index contributed by atoms with van der Waals surface area (Å²) < 4.78 is 1.51. The summed E-state index contributed by atoms with van der Waals surface area (Å²) in [7, 11) is 0. The number of nitrogens with one attached hydrogen (secondary N) is 2. The lowest BCUT2D eigenvalue weighted by Crippen LogP contribution is -2.36. The van der Waals surface area contributed by atoms with Gasteiger partial charge in [-0.05, 0) is 30.7 Å². The molecule has 0 saturated heterocycles. The Morgan fingerprint density at radius 3 is 2.74 bits per heavy atom. The molecule has 8 heteroatoms. The fraction of sp³-hybridized carbons (Fsp3) is 0.263. The highest BCUT2D eigenvalue weighted by molar-refractivity contribution is 6.30. The van der Waals surface area contributed by atoms with E-state index in [1.807, 2.05) is 38.1 Å². The van der Waals surface area contributed by atoms with E-state index in [0.29, 0.717) is 28.6 Å². The predicted molar refractivity (Wildman–Crippen MR) is 104 cm³/mol. The summed E-state index contributed by atoms with van der Waals surface area (Å²) in [6, 6.07) is 10.5. The van der Waals surface area contributed by atoms with E-state index in [1.54, 1.807) is 13.0 Å². The highest BCUT2D eigenvalue weighted by Gasteiger charge is 2.23. The molecule has 0 aliphatic carbocycles. The van der Waals surface area contributed by atoms with Gasteiger partial charge in [-0.1, -0.05) is 37.6 Å². The molecule has 0 aliphatic rings. The minimum atomic E-state index is -0.301. The number of halogens is 1. The molecule has 2 N–H and O–H groups in total. The normalized spacial score (nSPS) is 11.4. The van der Waals surface area contributed by atoms with Crippen molar-refractivity contribution in [1.82, 2.24) is 25.3 Å². The Balaban J connectivity index is 1.75. The molecule has 27 heavy (non-hydrogen) atoms. The van der Waals surface area contributed by atoms with Gasteiger partial charge in [-0.25, -0.2) is 9.78 Å². The number of benzene rings is 1. The van der Waals surface area contributed by atoms with Crippen LogP contribution in [0.25, 0.3) is 5.82 Å². The third-order valence-electron chi connectivity index (χ3n) is 4.43. The van der Waals surface area contributed by atoms with E-state index in [1.165, 1.54) is 16.9 Å². The van der Waals surface area contributed by atoms with Gasteiger partial charge in [0, 0.05) is 23.0 Å². The van der Waals surface area contributed by atoms with Crippen molar-refractivity contribution in [2.24, 2.45) is 0 Å². The zero-order valence-corrected chi connectivity index (χ0v) is 16.0. The van der Waals surface area contributed by atoms with Crippen molar-refractivity contribution in [2.75, 3.05) is 6.54 Å². The summed E-state index contributed by atoms with van der Waals surface area (Å²) in [5.41, 5.74) is 1.53. The number of nitrogens with zero attached hydrogens (tertiary/aromatic N) is 3. The molecule has 0 atom stereocenters. The highest BCUT2D eigenvalue weighted by atomic mass is 35.5. The van der Waals surface area contributed by atoms with Crippen LogP contribution in [0.15, 0.2) is 47.4 Å². The SMILES string of the molecule is Cc1c(C(=O)NCC(C)(C)c2cccc(Cl)c2)cnn1-c1ccc(=O)[nH]n1. The Kier molecular flexibility index (Phi) is 5.14. The van der Waals surface area contributed by atoms with Crippen molar-refractivity contribution in [3.05, 3.63) is 74.8 Å². The Hall–Kier alpha value is -2.93. The van der Waals surface area contributed by atoms with Gasteiger partial charge >= 0.3 is 0 Å². The van der Waals surface area contributed by atoms with E-state index in [2.05, 4.69) is 20.6 Å². The molecule has 0 bridgehead atoms. The second-order valence-electron chi connectivity index (χ2n) is 6.91. The molecule has 3 aromatic rings. The van der Waals surface area contributed by atoms with Gasteiger partial charge in [0.05, 0.1) is 17.5 Å². The number of aromatic amines is 1. The van der Waals surface area contributed by atoms with Crippen molar-refractivity contribution in [3.8, 4) is 5.82 Å². The van der Waals surface area contributed by atoms with Gasteiger partial charge in [-0.2, -0.15) is 10.2 Å². The molecule has 0 spiro atoms. The van der Waals surface area contributed by atoms with Gasteiger partial charge in [0.1, 0.15) is 0 Å². The molecule has 140 valence electrons. The molecule has 0 fully saturated rings. The zero-order valence-electron chi connectivity index (χ0n) is 15.3. The van der Waals surface area contributed by atoms with Crippen LogP contribution in [0.2, 0.25) is 5.02 Å². The summed E-state index contributed by atoms with van der Waals surface area (Å²) >= 11 is 6.07. The van der Waals surface area contributed by atoms with Crippen LogP contribution < -0.4 is 10.9 Å². The largest absolute Gasteiger partial charge is 0.351 e. The number of carbonyl (C=O) groups excluding carboxylic acids is 1. The van der Waals surface area contributed by atoms with Crippen LogP contribution in [-0.4, -0.2) is 32.4 Å². The molecular weight excluding hydrogens is 366 g/mol. The first-order chi connectivity index (χ1) is 12.8. The number of hydrogen-bond acceptors (Lipinski definition) is 4. The fourth-order valence-electron chi connectivity index (χ4n) is 2.73. The van der Waals surface area contributed by atoms with Gasteiger partial charge in [0.25, 0.3) is 11.5 Å². The monoisotopic (exact) mass is 385 g/mol. The summed E-state index contributed by atoms with van der Waals surface area (Å²) in [4.78, 5) is 23.8.